The molecule has 2 heterocycles. The van der Waals surface area contributed by atoms with E-state index in [2.05, 4.69) is 19.7 Å². The zero-order chi connectivity index (χ0) is 19.5. The number of aromatic nitrogens is 3. The Labute approximate surface area is 170 Å². The van der Waals surface area contributed by atoms with Crippen LogP contribution >= 0.6 is 23.5 Å². The lowest BCUT2D eigenvalue weighted by Crippen LogP contribution is -1.94. The van der Waals surface area contributed by atoms with Crippen LogP contribution in [0.5, 0.6) is 5.75 Å². The molecule has 0 spiro atoms. The molecule has 0 amide bonds. The van der Waals surface area contributed by atoms with Gasteiger partial charge in [-0.25, -0.2) is 14.4 Å². The zero-order valence-electron chi connectivity index (χ0n) is 14.7. The van der Waals surface area contributed by atoms with Crippen molar-refractivity contribution in [1.29, 1.82) is 0 Å². The quantitative estimate of drug-likeness (QED) is 0.430. The molecule has 4 rings (SSSR count). The molecule has 4 aromatic rings. The van der Waals surface area contributed by atoms with E-state index in [1.807, 2.05) is 18.2 Å². The van der Waals surface area contributed by atoms with Crippen LogP contribution in [0.3, 0.4) is 0 Å². The number of pyridine rings is 1. The highest BCUT2D eigenvalue weighted by atomic mass is 35.5. The summed E-state index contributed by atoms with van der Waals surface area (Å²) >= 11 is 7.39. The SMILES string of the molecule is COc1cc(Cl)ccc1-c1ncc(F)c2cc(SNc3ccncn3)ccc12. The predicted molar refractivity (Wildman–Crippen MR) is 110 cm³/mol. The van der Waals surface area contributed by atoms with Gasteiger partial charge in [0.15, 0.2) is 0 Å². The lowest BCUT2D eigenvalue weighted by atomic mass is 10.0. The molecule has 0 saturated heterocycles. The van der Waals surface area contributed by atoms with Crippen LogP contribution in [-0.4, -0.2) is 22.1 Å². The number of anilines is 1. The van der Waals surface area contributed by atoms with Gasteiger partial charge in [-0.1, -0.05) is 17.7 Å². The van der Waals surface area contributed by atoms with E-state index in [1.165, 1.54) is 24.5 Å². The smallest absolute Gasteiger partial charge is 0.149 e. The Kier molecular flexibility index (Phi) is 5.27. The van der Waals surface area contributed by atoms with Gasteiger partial charge in [-0.3, -0.25) is 4.98 Å². The molecule has 2 aromatic carbocycles. The number of nitrogens with zero attached hydrogens (tertiary/aromatic N) is 3. The molecule has 0 atom stereocenters. The summed E-state index contributed by atoms with van der Waals surface area (Å²) in [7, 11) is 1.56. The summed E-state index contributed by atoms with van der Waals surface area (Å²) in [6.45, 7) is 0. The average molecular weight is 413 g/mol. The molecule has 0 bridgehead atoms. The average Bonchev–Trinajstić information content (AvgIpc) is 2.74. The first-order chi connectivity index (χ1) is 13.7. The van der Waals surface area contributed by atoms with E-state index < -0.39 is 5.82 Å². The van der Waals surface area contributed by atoms with Crippen molar-refractivity contribution in [2.45, 2.75) is 4.90 Å². The zero-order valence-corrected chi connectivity index (χ0v) is 16.3. The summed E-state index contributed by atoms with van der Waals surface area (Å²) < 4.78 is 23.0. The maximum atomic E-state index is 14.5. The fraction of sp³-hybridized carbons (Fsp3) is 0.0500. The Balaban J connectivity index is 1.74. The molecule has 0 aliphatic heterocycles. The fourth-order valence-electron chi connectivity index (χ4n) is 2.79. The van der Waals surface area contributed by atoms with Gasteiger partial charge in [-0.2, -0.15) is 0 Å². The van der Waals surface area contributed by atoms with Gasteiger partial charge in [0.05, 0.1) is 19.0 Å². The van der Waals surface area contributed by atoms with Crippen LogP contribution in [0, 0.1) is 5.82 Å². The van der Waals surface area contributed by atoms with Gasteiger partial charge >= 0.3 is 0 Å². The number of benzene rings is 2. The first-order valence-electron chi connectivity index (χ1n) is 8.27. The molecule has 0 saturated carbocycles. The minimum atomic E-state index is -0.392. The third-order valence-corrected chi connectivity index (χ3v) is 5.12. The van der Waals surface area contributed by atoms with E-state index in [0.29, 0.717) is 33.1 Å². The number of fused-ring (bicyclic) bond motifs is 1. The van der Waals surface area contributed by atoms with E-state index in [0.717, 1.165) is 10.5 Å². The molecule has 140 valence electrons. The standard InChI is InChI=1S/C20H14ClFN4OS/c1-27-18-8-12(21)2-4-15(18)20-14-5-3-13(9-16(14)17(22)10-24-20)28-26-19-6-7-23-11-25-19/h2-11H,1H3,(H,23,25,26). The highest BCUT2D eigenvalue weighted by Gasteiger charge is 2.14. The third kappa shape index (κ3) is 3.72. The largest absolute Gasteiger partial charge is 0.496 e. The summed E-state index contributed by atoms with van der Waals surface area (Å²) in [5.41, 5.74) is 1.38. The van der Waals surface area contributed by atoms with Crippen LogP contribution in [0.2, 0.25) is 5.02 Å². The highest BCUT2D eigenvalue weighted by Crippen LogP contribution is 2.37. The number of ether oxygens (including phenoxy) is 1. The Hall–Kier alpha value is -2.90. The second-order valence-corrected chi connectivity index (χ2v) is 7.12. The summed E-state index contributed by atoms with van der Waals surface area (Å²) in [4.78, 5) is 13.1. The van der Waals surface area contributed by atoms with E-state index in [-0.39, 0.29) is 0 Å². The van der Waals surface area contributed by atoms with Crippen molar-refractivity contribution in [2.75, 3.05) is 11.8 Å². The van der Waals surface area contributed by atoms with Crippen LogP contribution in [0.4, 0.5) is 10.2 Å². The van der Waals surface area contributed by atoms with Crippen molar-refractivity contribution in [1.82, 2.24) is 15.0 Å². The Bertz CT molecular complexity index is 1140. The number of methoxy groups -OCH3 is 1. The Morgan fingerprint density at radius 1 is 1.07 bits per heavy atom. The molecular weight excluding hydrogens is 399 g/mol. The molecule has 1 N–H and O–H groups in total. The Morgan fingerprint density at radius 2 is 1.96 bits per heavy atom. The number of hydrogen-bond donors (Lipinski definition) is 1. The minimum Gasteiger partial charge on any atom is -0.496 e. The molecule has 28 heavy (non-hydrogen) atoms. The van der Waals surface area contributed by atoms with Crippen molar-refractivity contribution >= 4 is 40.1 Å². The topological polar surface area (TPSA) is 59.9 Å². The molecular formula is C20H14ClFN4OS. The molecule has 8 heteroatoms. The van der Waals surface area contributed by atoms with Crippen LogP contribution in [0.1, 0.15) is 0 Å². The summed E-state index contributed by atoms with van der Waals surface area (Å²) in [5.74, 6) is 0.856. The van der Waals surface area contributed by atoms with Gasteiger partial charge in [0.1, 0.15) is 23.7 Å². The lowest BCUT2D eigenvalue weighted by molar-refractivity contribution is 0.416. The highest BCUT2D eigenvalue weighted by molar-refractivity contribution is 8.00. The molecule has 0 radical (unpaired) electrons. The van der Waals surface area contributed by atoms with Crippen molar-refractivity contribution in [2.24, 2.45) is 0 Å². The van der Waals surface area contributed by atoms with E-state index in [1.54, 1.807) is 37.6 Å². The van der Waals surface area contributed by atoms with E-state index in [4.69, 9.17) is 16.3 Å². The van der Waals surface area contributed by atoms with Gasteiger partial charge in [0.25, 0.3) is 0 Å². The minimum absolute atomic E-state index is 0.392. The monoisotopic (exact) mass is 412 g/mol. The van der Waals surface area contributed by atoms with Crippen LogP contribution in [0.25, 0.3) is 22.0 Å². The number of nitrogens with one attached hydrogen (secondary N) is 1. The second kappa shape index (κ2) is 8.00. The number of halogens is 2. The molecule has 0 aliphatic carbocycles. The summed E-state index contributed by atoms with van der Waals surface area (Å²) in [6, 6.07) is 12.6. The van der Waals surface area contributed by atoms with Gasteiger partial charge in [0.2, 0.25) is 0 Å². The first kappa shape index (κ1) is 18.5. The number of hydrogen-bond acceptors (Lipinski definition) is 6. The molecule has 0 fully saturated rings. The van der Waals surface area contributed by atoms with Crippen molar-refractivity contribution in [3.8, 4) is 17.0 Å². The van der Waals surface area contributed by atoms with Gasteiger partial charge in [0, 0.05) is 32.5 Å². The number of rotatable bonds is 5. The van der Waals surface area contributed by atoms with Gasteiger partial charge in [-0.15, -0.1) is 0 Å². The van der Waals surface area contributed by atoms with Gasteiger partial charge in [-0.05, 0) is 48.3 Å². The van der Waals surface area contributed by atoms with E-state index >= 15 is 0 Å². The molecule has 0 aliphatic rings. The maximum absolute atomic E-state index is 14.5. The van der Waals surface area contributed by atoms with Crippen molar-refractivity contribution in [3.05, 3.63) is 72.0 Å². The lowest BCUT2D eigenvalue weighted by Gasteiger charge is -2.12. The van der Waals surface area contributed by atoms with Crippen LogP contribution in [-0.2, 0) is 0 Å². The predicted octanol–water partition coefficient (Wildman–Crippen LogP) is 5.61. The van der Waals surface area contributed by atoms with Gasteiger partial charge < -0.3 is 9.46 Å². The third-order valence-electron chi connectivity index (χ3n) is 4.08. The molecule has 2 aromatic heterocycles. The van der Waals surface area contributed by atoms with E-state index in [9.17, 15) is 4.39 Å². The van der Waals surface area contributed by atoms with Crippen LogP contribution < -0.4 is 9.46 Å². The summed E-state index contributed by atoms with van der Waals surface area (Å²) in [6.07, 6.45) is 4.33. The molecule has 0 unspecified atom stereocenters. The molecule has 5 nitrogen and oxygen atoms in total. The second-order valence-electron chi connectivity index (χ2n) is 5.81. The van der Waals surface area contributed by atoms with Crippen LogP contribution in [0.15, 0.2) is 66.1 Å². The van der Waals surface area contributed by atoms with Crippen molar-refractivity contribution in [3.63, 3.8) is 0 Å². The maximum Gasteiger partial charge on any atom is 0.149 e. The Morgan fingerprint density at radius 3 is 2.75 bits per heavy atom. The fourth-order valence-corrected chi connectivity index (χ4v) is 3.61. The summed E-state index contributed by atoms with van der Waals surface area (Å²) in [5, 5.41) is 1.71. The normalized spacial score (nSPS) is 10.8. The van der Waals surface area contributed by atoms with Crippen molar-refractivity contribution < 1.29 is 9.13 Å². The first-order valence-corrected chi connectivity index (χ1v) is 9.46.